The molecule has 10 aromatic carbocycles. The van der Waals surface area contributed by atoms with E-state index >= 15 is 0 Å². The van der Waals surface area contributed by atoms with Crippen molar-refractivity contribution in [3.63, 3.8) is 0 Å². The van der Waals surface area contributed by atoms with E-state index in [-0.39, 0.29) is 0 Å². The van der Waals surface area contributed by atoms with Gasteiger partial charge in [0, 0.05) is 36.9 Å². The van der Waals surface area contributed by atoms with Gasteiger partial charge in [-0.05, 0) is 109 Å². The van der Waals surface area contributed by atoms with Crippen molar-refractivity contribution < 1.29 is 0 Å². The molecule has 0 saturated carbocycles. The summed E-state index contributed by atoms with van der Waals surface area (Å²) in [5.74, 6) is 0. The van der Waals surface area contributed by atoms with E-state index in [2.05, 4.69) is 217 Å². The Kier molecular flexibility index (Phi) is 7.75. The van der Waals surface area contributed by atoms with E-state index < -0.39 is 0 Å². The van der Waals surface area contributed by atoms with Gasteiger partial charge >= 0.3 is 0 Å². The largest absolute Gasteiger partial charge is 0.310 e. The number of benzene rings is 10. The van der Waals surface area contributed by atoms with Crippen molar-refractivity contribution >= 4 is 80.9 Å². The van der Waals surface area contributed by atoms with Crippen LogP contribution < -0.4 is 4.90 Å². The molecule has 0 spiro atoms. The summed E-state index contributed by atoms with van der Waals surface area (Å²) in [5, 5.41) is 10.1. The Morgan fingerprint density at radius 1 is 0.286 bits per heavy atom. The minimum atomic E-state index is 1.11. The van der Waals surface area contributed by atoms with Crippen LogP contribution in [0.2, 0.25) is 0 Å². The first-order valence-corrected chi connectivity index (χ1v) is 20.0. The molecule has 1 heterocycles. The predicted molar refractivity (Wildman–Crippen MR) is 243 cm³/mol. The zero-order valence-electron chi connectivity index (χ0n) is 30.6. The SMILES string of the molecule is c1cc(-c2ccc(N(c3ccc(-c4ccc5c(c4)sc4ccccc45)cc3)c3cc4ccccc4c4ccccc34)cc2)cc(-c2cccc3ccccc23)c1. The van der Waals surface area contributed by atoms with Crippen LogP contribution in [0, 0.1) is 0 Å². The van der Waals surface area contributed by atoms with Crippen LogP contribution in [0.4, 0.5) is 17.1 Å². The van der Waals surface area contributed by atoms with Gasteiger partial charge in [-0.25, -0.2) is 0 Å². The molecular weight excluding hydrogens is 695 g/mol. The molecule has 2 heteroatoms. The summed E-state index contributed by atoms with van der Waals surface area (Å²) in [6, 6.07) is 77.7. The Bertz CT molecular complexity index is 3240. The zero-order chi connectivity index (χ0) is 37.0. The molecule has 0 saturated heterocycles. The molecule has 56 heavy (non-hydrogen) atoms. The van der Waals surface area contributed by atoms with Crippen LogP contribution >= 0.6 is 11.3 Å². The number of fused-ring (bicyclic) bond motifs is 7. The minimum absolute atomic E-state index is 1.11. The highest BCUT2D eigenvalue weighted by molar-refractivity contribution is 7.25. The van der Waals surface area contributed by atoms with Crippen LogP contribution in [-0.4, -0.2) is 0 Å². The lowest BCUT2D eigenvalue weighted by molar-refractivity contribution is 1.30. The third-order valence-corrected chi connectivity index (χ3v) is 12.4. The fraction of sp³-hybridized carbons (Fsp3) is 0. The normalized spacial score (nSPS) is 11.6. The first-order valence-electron chi connectivity index (χ1n) is 19.2. The maximum atomic E-state index is 2.42. The smallest absolute Gasteiger partial charge is 0.0546 e. The predicted octanol–water partition coefficient (Wildman–Crippen LogP) is 16.0. The average Bonchev–Trinajstić information content (AvgIpc) is 3.65. The third-order valence-electron chi connectivity index (χ3n) is 11.2. The van der Waals surface area contributed by atoms with Crippen LogP contribution in [0.1, 0.15) is 0 Å². The molecule has 0 unspecified atom stereocenters. The van der Waals surface area contributed by atoms with Gasteiger partial charge in [0.15, 0.2) is 0 Å². The maximum Gasteiger partial charge on any atom is 0.0546 e. The molecular formula is C54H35NS. The lowest BCUT2D eigenvalue weighted by Gasteiger charge is -2.28. The lowest BCUT2D eigenvalue weighted by Crippen LogP contribution is -2.10. The van der Waals surface area contributed by atoms with Crippen LogP contribution in [0.15, 0.2) is 212 Å². The summed E-state index contributed by atoms with van der Waals surface area (Å²) >= 11 is 1.87. The van der Waals surface area contributed by atoms with Gasteiger partial charge in [0.1, 0.15) is 0 Å². The molecule has 0 atom stereocenters. The van der Waals surface area contributed by atoms with E-state index in [4.69, 9.17) is 0 Å². The number of hydrogen-bond donors (Lipinski definition) is 0. The number of anilines is 3. The summed E-state index contributed by atoms with van der Waals surface area (Å²) < 4.78 is 2.65. The van der Waals surface area contributed by atoms with Crippen molar-refractivity contribution in [3.05, 3.63) is 212 Å². The van der Waals surface area contributed by atoms with E-state index in [9.17, 15) is 0 Å². The Balaban J connectivity index is 1.02. The number of hydrogen-bond acceptors (Lipinski definition) is 2. The van der Waals surface area contributed by atoms with Crippen molar-refractivity contribution in [2.45, 2.75) is 0 Å². The van der Waals surface area contributed by atoms with Gasteiger partial charge < -0.3 is 4.90 Å². The Hall–Kier alpha value is -7.00. The zero-order valence-corrected chi connectivity index (χ0v) is 31.4. The van der Waals surface area contributed by atoms with Crippen molar-refractivity contribution in [2.24, 2.45) is 0 Å². The molecule has 1 aromatic heterocycles. The van der Waals surface area contributed by atoms with Crippen molar-refractivity contribution in [2.75, 3.05) is 4.90 Å². The third kappa shape index (κ3) is 5.54. The van der Waals surface area contributed by atoms with E-state index in [0.717, 1.165) is 17.1 Å². The summed E-state index contributed by atoms with van der Waals surface area (Å²) in [4.78, 5) is 2.42. The number of thiophene rings is 1. The molecule has 0 aliphatic rings. The molecule has 1 nitrogen and oxygen atoms in total. The Labute approximate surface area is 330 Å². The molecule has 0 N–H and O–H groups in total. The lowest BCUT2D eigenvalue weighted by atomic mass is 9.95. The number of nitrogens with zero attached hydrogens (tertiary/aromatic N) is 1. The summed E-state index contributed by atoms with van der Waals surface area (Å²) in [6.07, 6.45) is 0. The van der Waals surface area contributed by atoms with E-state index in [1.165, 1.54) is 85.9 Å². The first-order chi connectivity index (χ1) is 27.7. The van der Waals surface area contributed by atoms with Gasteiger partial charge in [0.05, 0.1) is 5.69 Å². The van der Waals surface area contributed by atoms with Gasteiger partial charge in [-0.15, -0.1) is 11.3 Å². The van der Waals surface area contributed by atoms with Gasteiger partial charge in [-0.2, -0.15) is 0 Å². The fourth-order valence-corrected chi connectivity index (χ4v) is 9.65. The van der Waals surface area contributed by atoms with Gasteiger partial charge in [0.2, 0.25) is 0 Å². The molecule has 0 bridgehead atoms. The monoisotopic (exact) mass is 729 g/mol. The summed E-state index contributed by atoms with van der Waals surface area (Å²) in [5.41, 5.74) is 10.7. The molecule has 0 aliphatic heterocycles. The van der Waals surface area contributed by atoms with Crippen molar-refractivity contribution in [1.29, 1.82) is 0 Å². The fourth-order valence-electron chi connectivity index (χ4n) is 8.50. The van der Waals surface area contributed by atoms with Crippen LogP contribution in [0.3, 0.4) is 0 Å². The molecule has 11 aromatic rings. The molecule has 0 aliphatic carbocycles. The second kappa shape index (κ2) is 13.4. The first kappa shape index (κ1) is 32.4. The second-order valence-corrected chi connectivity index (χ2v) is 15.6. The summed E-state index contributed by atoms with van der Waals surface area (Å²) in [6.45, 7) is 0. The van der Waals surface area contributed by atoms with Gasteiger partial charge in [-0.1, -0.05) is 164 Å². The highest BCUT2D eigenvalue weighted by atomic mass is 32.1. The van der Waals surface area contributed by atoms with Crippen LogP contribution in [0.5, 0.6) is 0 Å². The number of rotatable bonds is 6. The second-order valence-electron chi connectivity index (χ2n) is 14.5. The minimum Gasteiger partial charge on any atom is -0.310 e. The van der Waals surface area contributed by atoms with Gasteiger partial charge in [0.25, 0.3) is 0 Å². The molecule has 0 radical (unpaired) electrons. The van der Waals surface area contributed by atoms with E-state index in [1.807, 2.05) is 11.3 Å². The standard InChI is InChI=1S/C54H35NS/c1-3-16-45-38(11-1)13-10-21-46(45)41-15-9-14-39(33-41)36-23-28-43(29-24-36)55(52-34-42-12-2-4-17-47(42)48-18-5-6-19-49(48)52)44-30-25-37(26-31-44)40-27-32-51-50-20-7-8-22-53(50)56-54(51)35-40/h1-35H. The summed E-state index contributed by atoms with van der Waals surface area (Å²) in [7, 11) is 0. The Morgan fingerprint density at radius 2 is 0.821 bits per heavy atom. The topological polar surface area (TPSA) is 3.24 Å². The van der Waals surface area contributed by atoms with E-state index in [1.54, 1.807) is 0 Å². The quantitative estimate of drug-likeness (QED) is 0.154. The van der Waals surface area contributed by atoms with Crippen molar-refractivity contribution in [3.8, 4) is 33.4 Å². The van der Waals surface area contributed by atoms with Crippen LogP contribution in [0.25, 0.3) is 85.9 Å². The maximum absolute atomic E-state index is 2.42. The van der Waals surface area contributed by atoms with Gasteiger partial charge in [-0.3, -0.25) is 0 Å². The molecule has 0 amide bonds. The average molecular weight is 730 g/mol. The van der Waals surface area contributed by atoms with Crippen LogP contribution in [-0.2, 0) is 0 Å². The van der Waals surface area contributed by atoms with E-state index in [0.29, 0.717) is 0 Å². The van der Waals surface area contributed by atoms with Crippen molar-refractivity contribution in [1.82, 2.24) is 0 Å². The molecule has 0 fully saturated rings. The highest BCUT2D eigenvalue weighted by Crippen LogP contribution is 2.44. The highest BCUT2D eigenvalue weighted by Gasteiger charge is 2.18. The molecule has 262 valence electrons. The Morgan fingerprint density at radius 3 is 1.59 bits per heavy atom. The molecule has 11 rings (SSSR count).